The SMILES string of the molecule is N#Cc1cc(Br)cc(NCC(=O)NC2CC2)c1. The Morgan fingerprint density at radius 1 is 1.47 bits per heavy atom. The molecule has 1 fully saturated rings. The summed E-state index contributed by atoms with van der Waals surface area (Å²) in [5, 5.41) is 14.7. The second-order valence-electron chi connectivity index (χ2n) is 4.04. The van der Waals surface area contributed by atoms with Crippen LogP contribution in [-0.2, 0) is 4.79 Å². The van der Waals surface area contributed by atoms with Crippen molar-refractivity contribution in [3.8, 4) is 6.07 Å². The Morgan fingerprint density at radius 2 is 2.24 bits per heavy atom. The lowest BCUT2D eigenvalue weighted by Crippen LogP contribution is -2.31. The summed E-state index contributed by atoms with van der Waals surface area (Å²) in [5.41, 5.74) is 1.33. The zero-order valence-corrected chi connectivity index (χ0v) is 10.8. The maximum absolute atomic E-state index is 11.5. The van der Waals surface area contributed by atoms with Gasteiger partial charge in [-0.3, -0.25) is 4.79 Å². The zero-order valence-electron chi connectivity index (χ0n) is 9.16. The number of carbonyl (C=O) groups is 1. The summed E-state index contributed by atoms with van der Waals surface area (Å²) in [7, 11) is 0. The normalized spacial score (nSPS) is 13.9. The van der Waals surface area contributed by atoms with Crippen molar-refractivity contribution in [2.75, 3.05) is 11.9 Å². The Balaban J connectivity index is 1.91. The van der Waals surface area contributed by atoms with Gasteiger partial charge in [-0.1, -0.05) is 15.9 Å². The van der Waals surface area contributed by atoms with Crippen LogP contribution in [0.1, 0.15) is 18.4 Å². The lowest BCUT2D eigenvalue weighted by Gasteiger charge is -2.07. The third kappa shape index (κ3) is 3.75. The molecule has 0 aromatic heterocycles. The van der Waals surface area contributed by atoms with E-state index in [4.69, 9.17) is 5.26 Å². The van der Waals surface area contributed by atoms with Crippen LogP contribution < -0.4 is 10.6 Å². The van der Waals surface area contributed by atoms with Gasteiger partial charge >= 0.3 is 0 Å². The number of anilines is 1. The topological polar surface area (TPSA) is 64.9 Å². The number of amides is 1. The lowest BCUT2D eigenvalue weighted by molar-refractivity contribution is -0.119. The Bertz CT molecular complexity index is 477. The first kappa shape index (κ1) is 11.9. The van der Waals surface area contributed by atoms with E-state index in [-0.39, 0.29) is 12.5 Å². The molecule has 0 spiro atoms. The molecule has 0 aliphatic heterocycles. The Kier molecular flexibility index (Phi) is 3.64. The highest BCUT2D eigenvalue weighted by Gasteiger charge is 2.22. The molecule has 1 aliphatic rings. The van der Waals surface area contributed by atoms with Gasteiger partial charge in [0.25, 0.3) is 0 Å². The maximum Gasteiger partial charge on any atom is 0.239 e. The van der Waals surface area contributed by atoms with Gasteiger partial charge in [-0.05, 0) is 31.0 Å². The van der Waals surface area contributed by atoms with Gasteiger partial charge in [0.15, 0.2) is 0 Å². The summed E-state index contributed by atoms with van der Waals surface area (Å²) in [4.78, 5) is 11.5. The molecule has 2 N–H and O–H groups in total. The van der Waals surface area contributed by atoms with Crippen molar-refractivity contribution in [3.05, 3.63) is 28.2 Å². The number of nitrogens with one attached hydrogen (secondary N) is 2. The molecule has 0 heterocycles. The van der Waals surface area contributed by atoms with Gasteiger partial charge in [0.05, 0.1) is 18.2 Å². The number of hydrogen-bond acceptors (Lipinski definition) is 3. The number of carbonyl (C=O) groups excluding carboxylic acids is 1. The number of halogens is 1. The first-order chi connectivity index (χ1) is 8.17. The standard InChI is InChI=1S/C12H12BrN3O/c13-9-3-8(6-14)4-11(5-9)15-7-12(17)16-10-1-2-10/h3-5,10,15H,1-2,7H2,(H,16,17). The Hall–Kier alpha value is -1.54. The van der Waals surface area contributed by atoms with Gasteiger partial charge in [-0.15, -0.1) is 0 Å². The molecule has 2 rings (SSSR count). The van der Waals surface area contributed by atoms with Crippen LogP contribution in [0.5, 0.6) is 0 Å². The number of rotatable bonds is 4. The fourth-order valence-electron chi connectivity index (χ4n) is 1.44. The van der Waals surface area contributed by atoms with Crippen LogP contribution >= 0.6 is 15.9 Å². The third-order valence-electron chi connectivity index (χ3n) is 2.42. The van der Waals surface area contributed by atoms with E-state index < -0.39 is 0 Å². The number of benzene rings is 1. The summed E-state index contributed by atoms with van der Waals surface area (Å²) in [6.45, 7) is 0.234. The molecule has 1 amide bonds. The number of nitrogens with zero attached hydrogens (tertiary/aromatic N) is 1. The minimum Gasteiger partial charge on any atom is -0.376 e. The van der Waals surface area contributed by atoms with Crippen molar-refractivity contribution < 1.29 is 4.79 Å². The molecule has 0 radical (unpaired) electrons. The van der Waals surface area contributed by atoms with Crippen molar-refractivity contribution in [1.82, 2.24) is 5.32 Å². The van der Waals surface area contributed by atoms with Crippen LogP contribution in [0.4, 0.5) is 5.69 Å². The van der Waals surface area contributed by atoms with Crippen LogP contribution in [0.2, 0.25) is 0 Å². The highest BCUT2D eigenvalue weighted by molar-refractivity contribution is 9.10. The van der Waals surface area contributed by atoms with Crippen LogP contribution in [0.15, 0.2) is 22.7 Å². The molecule has 0 unspecified atom stereocenters. The first-order valence-corrected chi connectivity index (χ1v) is 6.20. The molecule has 1 saturated carbocycles. The van der Waals surface area contributed by atoms with Gasteiger partial charge in [0.2, 0.25) is 5.91 Å². The van der Waals surface area contributed by atoms with Crippen LogP contribution in [-0.4, -0.2) is 18.5 Å². The lowest BCUT2D eigenvalue weighted by atomic mass is 10.2. The Labute approximate surface area is 108 Å². The number of hydrogen-bond donors (Lipinski definition) is 2. The van der Waals surface area contributed by atoms with E-state index >= 15 is 0 Å². The van der Waals surface area contributed by atoms with E-state index in [2.05, 4.69) is 32.6 Å². The molecule has 0 saturated heterocycles. The average molecular weight is 294 g/mol. The molecular weight excluding hydrogens is 282 g/mol. The molecule has 1 aromatic rings. The Morgan fingerprint density at radius 3 is 2.88 bits per heavy atom. The van der Waals surface area contributed by atoms with Crippen molar-refractivity contribution >= 4 is 27.5 Å². The van der Waals surface area contributed by atoms with E-state index in [1.54, 1.807) is 12.1 Å². The molecular formula is C12H12BrN3O. The molecule has 5 heteroatoms. The summed E-state index contributed by atoms with van der Waals surface area (Å²) in [6, 6.07) is 7.73. The molecule has 88 valence electrons. The van der Waals surface area contributed by atoms with Gasteiger partial charge < -0.3 is 10.6 Å². The predicted molar refractivity (Wildman–Crippen MR) is 68.5 cm³/mol. The summed E-state index contributed by atoms with van der Waals surface area (Å²) >= 11 is 3.32. The molecule has 1 aliphatic carbocycles. The third-order valence-corrected chi connectivity index (χ3v) is 2.88. The van der Waals surface area contributed by atoms with E-state index in [1.165, 1.54) is 0 Å². The van der Waals surface area contributed by atoms with Crippen molar-refractivity contribution in [2.24, 2.45) is 0 Å². The smallest absolute Gasteiger partial charge is 0.239 e. The fraction of sp³-hybridized carbons (Fsp3) is 0.333. The first-order valence-electron chi connectivity index (χ1n) is 5.41. The average Bonchev–Trinajstić information content (AvgIpc) is 3.09. The highest BCUT2D eigenvalue weighted by atomic mass is 79.9. The van der Waals surface area contributed by atoms with Gasteiger partial charge in [-0.25, -0.2) is 0 Å². The van der Waals surface area contributed by atoms with Gasteiger partial charge in [0, 0.05) is 16.2 Å². The van der Waals surface area contributed by atoms with Crippen molar-refractivity contribution in [1.29, 1.82) is 5.26 Å². The number of nitriles is 1. The molecule has 1 aromatic carbocycles. The molecule has 17 heavy (non-hydrogen) atoms. The molecule has 0 atom stereocenters. The highest BCUT2D eigenvalue weighted by Crippen LogP contribution is 2.20. The van der Waals surface area contributed by atoms with Gasteiger partial charge in [0.1, 0.15) is 0 Å². The second-order valence-corrected chi connectivity index (χ2v) is 4.95. The quantitative estimate of drug-likeness (QED) is 0.892. The van der Waals surface area contributed by atoms with Crippen LogP contribution in [0, 0.1) is 11.3 Å². The van der Waals surface area contributed by atoms with Crippen molar-refractivity contribution in [3.63, 3.8) is 0 Å². The minimum absolute atomic E-state index is 0.00835. The largest absolute Gasteiger partial charge is 0.376 e. The second kappa shape index (κ2) is 5.19. The van der Waals surface area contributed by atoms with Crippen LogP contribution in [0.3, 0.4) is 0 Å². The van der Waals surface area contributed by atoms with Gasteiger partial charge in [-0.2, -0.15) is 5.26 Å². The molecule has 0 bridgehead atoms. The fourth-order valence-corrected chi connectivity index (χ4v) is 1.94. The van der Waals surface area contributed by atoms with Crippen molar-refractivity contribution in [2.45, 2.75) is 18.9 Å². The predicted octanol–water partition coefficient (Wildman–Crippen LogP) is 2.01. The zero-order chi connectivity index (χ0) is 12.3. The monoisotopic (exact) mass is 293 g/mol. The van der Waals surface area contributed by atoms with Crippen LogP contribution in [0.25, 0.3) is 0 Å². The summed E-state index contributed by atoms with van der Waals surface area (Å²) < 4.78 is 0.821. The summed E-state index contributed by atoms with van der Waals surface area (Å²) in [6.07, 6.45) is 2.17. The minimum atomic E-state index is -0.00835. The van der Waals surface area contributed by atoms with E-state index in [9.17, 15) is 4.79 Å². The van der Waals surface area contributed by atoms with E-state index in [0.29, 0.717) is 11.6 Å². The maximum atomic E-state index is 11.5. The summed E-state index contributed by atoms with van der Waals surface area (Å²) in [5.74, 6) is -0.00835. The van der Waals surface area contributed by atoms with E-state index in [0.717, 1.165) is 23.0 Å². The molecule has 4 nitrogen and oxygen atoms in total. The van der Waals surface area contributed by atoms with E-state index in [1.807, 2.05) is 6.07 Å².